The van der Waals surface area contributed by atoms with Gasteiger partial charge in [-0.05, 0) is 43.5 Å². The average Bonchev–Trinajstić information content (AvgIpc) is 2.88. The van der Waals surface area contributed by atoms with E-state index < -0.39 is 0 Å². The van der Waals surface area contributed by atoms with E-state index in [0.717, 1.165) is 45.7 Å². The van der Waals surface area contributed by atoms with Crippen molar-refractivity contribution in [3.05, 3.63) is 71.8 Å². The van der Waals surface area contributed by atoms with E-state index in [1.165, 1.54) is 81.8 Å². The van der Waals surface area contributed by atoms with Crippen molar-refractivity contribution in [2.75, 3.05) is 26.2 Å². The van der Waals surface area contributed by atoms with Gasteiger partial charge in [-0.15, -0.1) is 0 Å². The van der Waals surface area contributed by atoms with Crippen LogP contribution in [0.25, 0.3) is 0 Å². The van der Waals surface area contributed by atoms with Crippen LogP contribution in [-0.2, 0) is 13.1 Å². The molecule has 0 radical (unpaired) electrons. The molecule has 0 aromatic heterocycles. The first-order valence-corrected chi connectivity index (χ1v) is 13.9. The van der Waals surface area contributed by atoms with Crippen molar-refractivity contribution in [2.24, 2.45) is 0 Å². The van der Waals surface area contributed by atoms with Crippen LogP contribution in [0.4, 0.5) is 0 Å². The van der Waals surface area contributed by atoms with Gasteiger partial charge in [-0.3, -0.25) is 10.9 Å². The molecule has 0 bridgehead atoms. The van der Waals surface area contributed by atoms with Gasteiger partial charge in [-0.25, -0.2) is 0 Å². The monoisotopic (exact) mass is 466 g/mol. The maximum atomic E-state index is 3.55. The highest BCUT2D eigenvalue weighted by Gasteiger charge is 1.95. The van der Waals surface area contributed by atoms with Crippen LogP contribution in [0.5, 0.6) is 0 Å². The number of hydrazine groups is 1. The van der Waals surface area contributed by atoms with Gasteiger partial charge in [0.2, 0.25) is 0 Å². The highest BCUT2D eigenvalue weighted by Crippen LogP contribution is 2.11. The van der Waals surface area contributed by atoms with Gasteiger partial charge in [0.25, 0.3) is 0 Å². The van der Waals surface area contributed by atoms with Crippen molar-refractivity contribution in [2.45, 2.75) is 90.1 Å². The molecule has 0 fully saturated rings. The lowest BCUT2D eigenvalue weighted by molar-refractivity contribution is 0.483. The van der Waals surface area contributed by atoms with E-state index in [9.17, 15) is 0 Å². The SMILES string of the molecule is c1ccc(CNCCCCCCCCCCCCCNNCCCNCc2ccccc2)cc1. The third-order valence-corrected chi connectivity index (χ3v) is 6.28. The highest BCUT2D eigenvalue weighted by molar-refractivity contribution is 5.14. The summed E-state index contributed by atoms with van der Waals surface area (Å²) in [6.45, 7) is 6.26. The first-order chi connectivity index (χ1) is 16.9. The Hall–Kier alpha value is -1.72. The van der Waals surface area contributed by atoms with Crippen molar-refractivity contribution in [1.29, 1.82) is 0 Å². The van der Waals surface area contributed by atoms with Crippen LogP contribution in [0.3, 0.4) is 0 Å². The molecule has 2 aromatic carbocycles. The second kappa shape index (κ2) is 21.8. The van der Waals surface area contributed by atoms with Crippen molar-refractivity contribution in [1.82, 2.24) is 21.5 Å². The molecule has 0 aliphatic carbocycles. The van der Waals surface area contributed by atoms with Gasteiger partial charge in [-0.1, -0.05) is 118 Å². The Morgan fingerprint density at radius 1 is 0.353 bits per heavy atom. The molecule has 2 aromatic rings. The molecule has 0 spiro atoms. The van der Waals surface area contributed by atoms with E-state index in [1.807, 2.05) is 0 Å². The zero-order valence-corrected chi connectivity index (χ0v) is 21.5. The van der Waals surface area contributed by atoms with Crippen LogP contribution in [-0.4, -0.2) is 26.2 Å². The maximum Gasteiger partial charge on any atom is 0.0205 e. The number of rotatable bonds is 23. The molecule has 0 unspecified atom stereocenters. The molecular formula is C30H50N4. The molecule has 0 aliphatic rings. The Labute approximate surface area is 209 Å². The minimum Gasteiger partial charge on any atom is -0.313 e. The van der Waals surface area contributed by atoms with Gasteiger partial charge < -0.3 is 10.6 Å². The molecule has 4 heteroatoms. The molecule has 0 aliphatic heterocycles. The van der Waals surface area contributed by atoms with Gasteiger partial charge in [0, 0.05) is 26.2 Å². The zero-order chi connectivity index (χ0) is 23.8. The number of hydrogen-bond acceptors (Lipinski definition) is 4. The van der Waals surface area contributed by atoms with Crippen LogP contribution >= 0.6 is 0 Å². The van der Waals surface area contributed by atoms with E-state index in [4.69, 9.17) is 0 Å². The lowest BCUT2D eigenvalue weighted by Gasteiger charge is -2.08. The molecule has 0 saturated heterocycles. The smallest absolute Gasteiger partial charge is 0.0205 e. The van der Waals surface area contributed by atoms with Crippen molar-refractivity contribution in [3.63, 3.8) is 0 Å². The Morgan fingerprint density at radius 3 is 1.18 bits per heavy atom. The minimum absolute atomic E-state index is 0.960. The number of unbranched alkanes of at least 4 members (excludes halogenated alkanes) is 10. The second-order valence-electron chi connectivity index (χ2n) is 9.42. The van der Waals surface area contributed by atoms with E-state index in [1.54, 1.807) is 0 Å². The summed E-state index contributed by atoms with van der Waals surface area (Å²) >= 11 is 0. The van der Waals surface area contributed by atoms with Gasteiger partial charge >= 0.3 is 0 Å². The van der Waals surface area contributed by atoms with Gasteiger partial charge in [0.1, 0.15) is 0 Å². The lowest BCUT2D eigenvalue weighted by atomic mass is 10.1. The standard InChI is InChI=1S/C30H50N4/c1(2-4-6-8-16-23-31-27-29-19-12-10-13-20-29)3-5-7-9-17-25-33-34-26-18-24-32-28-30-21-14-11-15-22-30/h10-15,19-22,31-34H,1-9,16-18,23-28H2. The van der Waals surface area contributed by atoms with E-state index in [-0.39, 0.29) is 0 Å². The molecular weight excluding hydrogens is 416 g/mol. The molecule has 0 amide bonds. The van der Waals surface area contributed by atoms with Crippen LogP contribution in [0, 0.1) is 0 Å². The van der Waals surface area contributed by atoms with Gasteiger partial charge in [0.05, 0.1) is 0 Å². The van der Waals surface area contributed by atoms with Crippen LogP contribution in [0.1, 0.15) is 88.2 Å². The van der Waals surface area contributed by atoms with Crippen molar-refractivity contribution >= 4 is 0 Å². The van der Waals surface area contributed by atoms with E-state index >= 15 is 0 Å². The molecule has 2 rings (SSSR count). The fraction of sp³-hybridized carbons (Fsp3) is 0.600. The molecule has 0 atom stereocenters. The molecule has 0 heterocycles. The van der Waals surface area contributed by atoms with Gasteiger partial charge in [0.15, 0.2) is 0 Å². The normalized spacial score (nSPS) is 11.2. The molecule has 0 saturated carbocycles. The van der Waals surface area contributed by atoms with Crippen molar-refractivity contribution < 1.29 is 0 Å². The predicted octanol–water partition coefficient (Wildman–Crippen LogP) is 6.34. The second-order valence-corrected chi connectivity index (χ2v) is 9.42. The van der Waals surface area contributed by atoms with E-state index in [2.05, 4.69) is 82.1 Å². The molecule has 4 nitrogen and oxygen atoms in total. The topological polar surface area (TPSA) is 48.1 Å². The molecule has 4 N–H and O–H groups in total. The summed E-state index contributed by atoms with van der Waals surface area (Å²) in [6, 6.07) is 21.3. The number of hydrogen-bond donors (Lipinski definition) is 4. The third-order valence-electron chi connectivity index (χ3n) is 6.28. The number of nitrogens with one attached hydrogen (secondary N) is 4. The fourth-order valence-corrected chi connectivity index (χ4v) is 4.19. The Bertz CT molecular complexity index is 603. The quantitative estimate of drug-likeness (QED) is 0.114. The molecule has 190 valence electrons. The predicted molar refractivity (Wildman–Crippen MR) is 148 cm³/mol. The summed E-state index contributed by atoms with van der Waals surface area (Å²) in [4.78, 5) is 0. The summed E-state index contributed by atoms with van der Waals surface area (Å²) in [5.74, 6) is 0. The van der Waals surface area contributed by atoms with E-state index in [0.29, 0.717) is 0 Å². The van der Waals surface area contributed by atoms with Crippen LogP contribution in [0.15, 0.2) is 60.7 Å². The van der Waals surface area contributed by atoms with Crippen molar-refractivity contribution in [3.8, 4) is 0 Å². The third kappa shape index (κ3) is 16.8. The summed E-state index contributed by atoms with van der Waals surface area (Å²) in [5.41, 5.74) is 9.44. The first kappa shape index (κ1) is 28.5. The Kier molecular flexibility index (Phi) is 18.3. The Morgan fingerprint density at radius 2 is 0.706 bits per heavy atom. The first-order valence-electron chi connectivity index (χ1n) is 13.9. The largest absolute Gasteiger partial charge is 0.313 e. The molecule has 34 heavy (non-hydrogen) atoms. The van der Waals surface area contributed by atoms with Crippen LogP contribution in [0.2, 0.25) is 0 Å². The average molecular weight is 467 g/mol. The summed E-state index contributed by atoms with van der Waals surface area (Å²) < 4.78 is 0. The lowest BCUT2D eigenvalue weighted by Crippen LogP contribution is -2.34. The summed E-state index contributed by atoms with van der Waals surface area (Å²) in [6.07, 6.45) is 16.3. The fourth-order valence-electron chi connectivity index (χ4n) is 4.19. The van der Waals surface area contributed by atoms with Gasteiger partial charge in [-0.2, -0.15) is 0 Å². The summed E-state index contributed by atoms with van der Waals surface area (Å²) in [5, 5.41) is 7.05. The Balaban J connectivity index is 1.19. The minimum atomic E-state index is 0.960. The van der Waals surface area contributed by atoms with Crippen LogP contribution < -0.4 is 21.5 Å². The maximum absolute atomic E-state index is 3.55. The number of benzene rings is 2. The highest BCUT2D eigenvalue weighted by atomic mass is 15.3. The summed E-state index contributed by atoms with van der Waals surface area (Å²) in [7, 11) is 0. The zero-order valence-electron chi connectivity index (χ0n) is 21.5.